The molecule has 0 aliphatic carbocycles. The summed E-state index contributed by atoms with van der Waals surface area (Å²) in [6, 6.07) is 14.0. The van der Waals surface area contributed by atoms with Crippen LogP contribution in [0.25, 0.3) is 20.8 Å². The van der Waals surface area contributed by atoms with Gasteiger partial charge in [-0.25, -0.2) is 4.98 Å². The molecule has 0 N–H and O–H groups in total. The van der Waals surface area contributed by atoms with E-state index in [0.29, 0.717) is 6.54 Å². The van der Waals surface area contributed by atoms with Gasteiger partial charge in [-0.1, -0.05) is 24.3 Å². The molecule has 1 saturated heterocycles. The Balaban J connectivity index is 1.74. The molecular weight excluding hydrogens is 356 g/mol. The molecule has 25 heavy (non-hydrogen) atoms. The standard InChI is InChI=1S/C19H15ClN2O2S/c1-11-6-7-12(19-21-14-4-2-3-5-16(14)25-19)8-15(11)22-10-13(18(20)24)9-17(22)23/h2-8,13H,9-10H2,1H3/t13-/m1/s1. The molecule has 0 spiro atoms. The number of aryl methyl sites for hydroxylation is 1. The van der Waals surface area contributed by atoms with Crippen molar-refractivity contribution in [3.05, 3.63) is 48.0 Å². The zero-order chi connectivity index (χ0) is 17.6. The van der Waals surface area contributed by atoms with E-state index >= 15 is 0 Å². The van der Waals surface area contributed by atoms with E-state index in [4.69, 9.17) is 11.6 Å². The van der Waals surface area contributed by atoms with Gasteiger partial charge in [-0.2, -0.15) is 0 Å². The molecule has 4 nitrogen and oxygen atoms in total. The van der Waals surface area contributed by atoms with Crippen molar-refractivity contribution in [1.29, 1.82) is 0 Å². The number of nitrogens with zero attached hydrogens (tertiary/aromatic N) is 2. The maximum absolute atomic E-state index is 12.3. The summed E-state index contributed by atoms with van der Waals surface area (Å²) in [6.07, 6.45) is 0.174. The van der Waals surface area contributed by atoms with Crippen molar-refractivity contribution >= 4 is 50.0 Å². The van der Waals surface area contributed by atoms with Crippen LogP contribution < -0.4 is 4.90 Å². The number of anilines is 1. The first-order valence-corrected chi connectivity index (χ1v) is 9.18. The summed E-state index contributed by atoms with van der Waals surface area (Å²) >= 11 is 7.21. The van der Waals surface area contributed by atoms with E-state index in [1.807, 2.05) is 49.4 Å². The molecule has 6 heteroatoms. The van der Waals surface area contributed by atoms with Crippen molar-refractivity contribution in [2.24, 2.45) is 5.92 Å². The van der Waals surface area contributed by atoms with Gasteiger partial charge in [0, 0.05) is 24.2 Å². The van der Waals surface area contributed by atoms with Crippen LogP contribution in [0.15, 0.2) is 42.5 Å². The number of para-hydroxylation sites is 1. The molecule has 1 fully saturated rings. The zero-order valence-corrected chi connectivity index (χ0v) is 15.1. The monoisotopic (exact) mass is 370 g/mol. The number of carbonyl (C=O) groups excluding carboxylic acids is 2. The maximum Gasteiger partial charge on any atom is 0.227 e. The summed E-state index contributed by atoms with van der Waals surface area (Å²) in [7, 11) is 0. The summed E-state index contributed by atoms with van der Waals surface area (Å²) in [5, 5.41) is 0.467. The molecule has 1 amide bonds. The lowest BCUT2D eigenvalue weighted by atomic mass is 10.1. The van der Waals surface area contributed by atoms with Crippen molar-refractivity contribution in [3.63, 3.8) is 0 Å². The van der Waals surface area contributed by atoms with Gasteiger partial charge in [-0.05, 0) is 42.3 Å². The Morgan fingerprint density at radius 2 is 2.08 bits per heavy atom. The van der Waals surface area contributed by atoms with Crippen LogP contribution in [0.2, 0.25) is 0 Å². The van der Waals surface area contributed by atoms with E-state index in [1.54, 1.807) is 16.2 Å². The number of amides is 1. The van der Waals surface area contributed by atoms with Crippen LogP contribution in [0, 0.1) is 12.8 Å². The fourth-order valence-electron chi connectivity index (χ4n) is 3.12. The smallest absolute Gasteiger partial charge is 0.227 e. The number of fused-ring (bicyclic) bond motifs is 1. The molecule has 0 radical (unpaired) electrons. The first kappa shape index (κ1) is 16.2. The third-order valence-electron chi connectivity index (χ3n) is 4.49. The van der Waals surface area contributed by atoms with Crippen LogP contribution in [0.3, 0.4) is 0 Å². The SMILES string of the molecule is Cc1ccc(-c2nc3ccccc3s2)cc1N1C[C@H](C(=O)Cl)CC1=O. The second-order valence-electron chi connectivity index (χ2n) is 6.20. The molecular formula is C19H15ClN2O2S. The highest BCUT2D eigenvalue weighted by Crippen LogP contribution is 2.35. The summed E-state index contributed by atoms with van der Waals surface area (Å²) in [4.78, 5) is 30.1. The molecule has 0 saturated carbocycles. The van der Waals surface area contributed by atoms with Crippen LogP contribution in [-0.2, 0) is 9.59 Å². The number of rotatable bonds is 3. The Hall–Kier alpha value is -2.24. The average Bonchev–Trinajstić information content (AvgIpc) is 3.19. The highest BCUT2D eigenvalue weighted by Gasteiger charge is 2.35. The minimum Gasteiger partial charge on any atom is -0.311 e. The zero-order valence-electron chi connectivity index (χ0n) is 13.5. The number of benzene rings is 2. The van der Waals surface area contributed by atoms with Crippen molar-refractivity contribution in [2.75, 3.05) is 11.4 Å². The number of halogens is 1. The van der Waals surface area contributed by atoms with Crippen molar-refractivity contribution in [2.45, 2.75) is 13.3 Å². The number of carbonyl (C=O) groups is 2. The molecule has 0 bridgehead atoms. The number of aromatic nitrogens is 1. The van der Waals surface area contributed by atoms with E-state index < -0.39 is 11.2 Å². The van der Waals surface area contributed by atoms with Gasteiger partial charge in [0.15, 0.2) is 0 Å². The summed E-state index contributed by atoms with van der Waals surface area (Å²) in [5.74, 6) is -0.497. The van der Waals surface area contributed by atoms with E-state index in [-0.39, 0.29) is 12.3 Å². The molecule has 126 valence electrons. The minimum absolute atomic E-state index is 0.0662. The molecule has 1 aromatic heterocycles. The first-order valence-electron chi connectivity index (χ1n) is 7.99. The lowest BCUT2D eigenvalue weighted by molar-refractivity contribution is -0.120. The Labute approximate surface area is 154 Å². The fraction of sp³-hybridized carbons (Fsp3) is 0.211. The van der Waals surface area contributed by atoms with Gasteiger partial charge in [0.2, 0.25) is 11.1 Å². The van der Waals surface area contributed by atoms with Crippen molar-refractivity contribution < 1.29 is 9.59 Å². The van der Waals surface area contributed by atoms with Gasteiger partial charge in [-0.3, -0.25) is 9.59 Å². The van der Waals surface area contributed by atoms with E-state index in [2.05, 4.69) is 4.98 Å². The third kappa shape index (κ3) is 2.94. The van der Waals surface area contributed by atoms with Gasteiger partial charge in [0.25, 0.3) is 0 Å². The fourth-order valence-corrected chi connectivity index (χ4v) is 4.23. The van der Waals surface area contributed by atoms with Crippen molar-refractivity contribution in [3.8, 4) is 10.6 Å². The quantitative estimate of drug-likeness (QED) is 0.642. The normalized spacial score (nSPS) is 17.4. The van der Waals surface area contributed by atoms with Crippen LogP contribution in [0.1, 0.15) is 12.0 Å². The Morgan fingerprint density at radius 3 is 2.80 bits per heavy atom. The third-order valence-corrected chi connectivity index (χ3v) is 5.88. The predicted molar refractivity (Wildman–Crippen MR) is 101 cm³/mol. The summed E-state index contributed by atoms with van der Waals surface area (Å²) in [5.41, 5.74) is 3.74. The van der Waals surface area contributed by atoms with Gasteiger partial charge in [-0.15, -0.1) is 11.3 Å². The molecule has 4 rings (SSSR count). The molecule has 2 aromatic carbocycles. The lowest BCUT2D eigenvalue weighted by Gasteiger charge is -2.19. The first-order chi connectivity index (χ1) is 12.0. The van der Waals surface area contributed by atoms with Gasteiger partial charge in [0.1, 0.15) is 5.01 Å². The van der Waals surface area contributed by atoms with Gasteiger partial charge >= 0.3 is 0 Å². The lowest BCUT2D eigenvalue weighted by Crippen LogP contribution is -2.26. The minimum atomic E-state index is -0.448. The summed E-state index contributed by atoms with van der Waals surface area (Å²) in [6.45, 7) is 2.30. The van der Waals surface area contributed by atoms with E-state index in [9.17, 15) is 9.59 Å². The Kier molecular flexibility index (Phi) is 4.06. The number of hydrogen-bond donors (Lipinski definition) is 0. The van der Waals surface area contributed by atoms with Gasteiger partial charge in [0.05, 0.1) is 16.1 Å². The maximum atomic E-state index is 12.3. The molecule has 2 heterocycles. The van der Waals surface area contributed by atoms with Crippen LogP contribution in [0.5, 0.6) is 0 Å². The predicted octanol–water partition coefficient (Wildman–Crippen LogP) is 4.39. The second-order valence-corrected chi connectivity index (χ2v) is 7.60. The molecule has 0 unspecified atom stereocenters. The molecule has 1 atom stereocenters. The van der Waals surface area contributed by atoms with Crippen molar-refractivity contribution in [1.82, 2.24) is 4.98 Å². The van der Waals surface area contributed by atoms with Crippen LogP contribution in [0.4, 0.5) is 5.69 Å². The largest absolute Gasteiger partial charge is 0.311 e. The Morgan fingerprint density at radius 1 is 1.28 bits per heavy atom. The number of hydrogen-bond acceptors (Lipinski definition) is 4. The van der Waals surface area contributed by atoms with Crippen LogP contribution in [-0.4, -0.2) is 22.7 Å². The summed E-state index contributed by atoms with van der Waals surface area (Å²) < 4.78 is 1.13. The highest BCUT2D eigenvalue weighted by atomic mass is 35.5. The molecule has 1 aliphatic heterocycles. The van der Waals surface area contributed by atoms with E-state index in [0.717, 1.165) is 32.0 Å². The van der Waals surface area contributed by atoms with Gasteiger partial charge < -0.3 is 4.90 Å². The highest BCUT2D eigenvalue weighted by molar-refractivity contribution is 7.21. The van der Waals surface area contributed by atoms with Crippen LogP contribution >= 0.6 is 22.9 Å². The second kappa shape index (κ2) is 6.24. The topological polar surface area (TPSA) is 50.3 Å². The number of thiazole rings is 1. The average molecular weight is 371 g/mol. The Bertz CT molecular complexity index is 965. The molecule has 1 aliphatic rings. The van der Waals surface area contributed by atoms with E-state index in [1.165, 1.54) is 0 Å². The molecule has 3 aromatic rings.